The minimum Gasteiger partial charge on any atom is -0.462 e. The van der Waals surface area contributed by atoms with Crippen LogP contribution in [-0.4, -0.2) is 37.2 Å². The molecular formula is C59H114O6. The number of carbonyl (C=O) groups excluding carboxylic acids is 3. The maximum absolute atomic E-state index is 12.8. The molecule has 0 aliphatic heterocycles. The fraction of sp³-hybridized carbons (Fsp3) is 0.949. The SMILES string of the molecule is CCC(C)CCCCCCCCCCCCCCCCC(=O)OC[C@@H](COC(=O)CCCCCCCCCCCCCCC(C)C)OC(=O)CCCCCCCCCCCCCC(C)C. The number of unbranched alkanes of at least 4 members (excludes halogenated alkanes) is 34. The monoisotopic (exact) mass is 919 g/mol. The van der Waals surface area contributed by atoms with Gasteiger partial charge in [-0.3, -0.25) is 14.4 Å². The zero-order valence-electron chi connectivity index (χ0n) is 44.8. The Kier molecular flexibility index (Phi) is 49.1. The smallest absolute Gasteiger partial charge is 0.306 e. The zero-order valence-corrected chi connectivity index (χ0v) is 44.8. The predicted molar refractivity (Wildman–Crippen MR) is 279 cm³/mol. The summed E-state index contributed by atoms with van der Waals surface area (Å²) in [5.41, 5.74) is 0. The number of hydrogen-bond donors (Lipinski definition) is 0. The van der Waals surface area contributed by atoms with Crippen molar-refractivity contribution < 1.29 is 28.6 Å². The van der Waals surface area contributed by atoms with Gasteiger partial charge in [0.2, 0.25) is 0 Å². The number of hydrogen-bond acceptors (Lipinski definition) is 6. The van der Waals surface area contributed by atoms with Gasteiger partial charge < -0.3 is 14.2 Å². The second-order valence-electron chi connectivity index (χ2n) is 21.5. The van der Waals surface area contributed by atoms with Gasteiger partial charge in [-0.15, -0.1) is 0 Å². The van der Waals surface area contributed by atoms with Crippen LogP contribution in [-0.2, 0) is 28.6 Å². The first-order valence-corrected chi connectivity index (χ1v) is 29.1. The molecule has 1 unspecified atom stereocenters. The Bertz CT molecular complexity index is 1010. The van der Waals surface area contributed by atoms with Crippen molar-refractivity contribution in [3.05, 3.63) is 0 Å². The first kappa shape index (κ1) is 63.4. The maximum atomic E-state index is 12.8. The Morgan fingerprint density at radius 3 is 0.800 bits per heavy atom. The highest BCUT2D eigenvalue weighted by molar-refractivity contribution is 5.71. The van der Waals surface area contributed by atoms with E-state index in [0.29, 0.717) is 19.3 Å². The summed E-state index contributed by atoms with van der Waals surface area (Å²) in [4.78, 5) is 38.2. The molecule has 0 rings (SSSR count). The average molecular weight is 920 g/mol. The molecule has 0 fully saturated rings. The molecule has 0 aromatic carbocycles. The largest absolute Gasteiger partial charge is 0.462 e. The fourth-order valence-electron chi connectivity index (χ4n) is 8.97. The molecular weight excluding hydrogens is 805 g/mol. The van der Waals surface area contributed by atoms with Crippen LogP contribution in [0, 0.1) is 17.8 Å². The minimum absolute atomic E-state index is 0.0635. The van der Waals surface area contributed by atoms with Gasteiger partial charge in [-0.2, -0.15) is 0 Å². The van der Waals surface area contributed by atoms with Gasteiger partial charge in [-0.25, -0.2) is 0 Å². The zero-order chi connectivity index (χ0) is 47.7. The predicted octanol–water partition coefficient (Wildman–Crippen LogP) is 19.1. The third-order valence-corrected chi connectivity index (χ3v) is 13.8. The highest BCUT2D eigenvalue weighted by Crippen LogP contribution is 2.19. The quantitative estimate of drug-likeness (QED) is 0.0344. The van der Waals surface area contributed by atoms with Gasteiger partial charge in [-0.1, -0.05) is 286 Å². The second-order valence-corrected chi connectivity index (χ2v) is 21.5. The van der Waals surface area contributed by atoms with Gasteiger partial charge in [0.25, 0.3) is 0 Å². The van der Waals surface area contributed by atoms with Crippen LogP contribution in [0.25, 0.3) is 0 Å². The molecule has 2 atom stereocenters. The highest BCUT2D eigenvalue weighted by Gasteiger charge is 2.19. The van der Waals surface area contributed by atoms with Gasteiger partial charge in [0.1, 0.15) is 13.2 Å². The molecule has 386 valence electrons. The lowest BCUT2D eigenvalue weighted by Crippen LogP contribution is -2.30. The number of ether oxygens (including phenoxy) is 3. The Morgan fingerprint density at radius 2 is 0.538 bits per heavy atom. The summed E-state index contributed by atoms with van der Waals surface area (Å²) in [5, 5.41) is 0. The van der Waals surface area contributed by atoms with Crippen LogP contribution >= 0.6 is 0 Å². The van der Waals surface area contributed by atoms with Gasteiger partial charge in [0, 0.05) is 19.3 Å². The molecule has 0 heterocycles. The van der Waals surface area contributed by atoms with Crippen LogP contribution in [0.1, 0.15) is 324 Å². The van der Waals surface area contributed by atoms with E-state index in [0.717, 1.165) is 75.5 Å². The number of carbonyl (C=O) groups is 3. The molecule has 0 radical (unpaired) electrons. The topological polar surface area (TPSA) is 78.9 Å². The molecule has 0 aliphatic rings. The van der Waals surface area contributed by atoms with Gasteiger partial charge >= 0.3 is 17.9 Å². The second kappa shape index (κ2) is 50.3. The Labute approximate surface area is 406 Å². The van der Waals surface area contributed by atoms with E-state index in [9.17, 15) is 14.4 Å². The van der Waals surface area contributed by atoms with Crippen molar-refractivity contribution in [3.8, 4) is 0 Å². The minimum atomic E-state index is -0.764. The lowest BCUT2D eigenvalue weighted by atomic mass is 9.99. The molecule has 0 spiro atoms. The summed E-state index contributed by atoms with van der Waals surface area (Å²) in [6.45, 7) is 13.8. The summed E-state index contributed by atoms with van der Waals surface area (Å²) in [7, 11) is 0. The molecule has 65 heavy (non-hydrogen) atoms. The summed E-state index contributed by atoms with van der Waals surface area (Å²) < 4.78 is 16.9. The van der Waals surface area contributed by atoms with Crippen molar-refractivity contribution in [1.29, 1.82) is 0 Å². The standard InChI is InChI=1S/C59H114O6/c1-7-55(6)47-41-35-29-23-17-10-8-9-11-18-24-30-36-42-48-57(60)63-51-56(65-59(62)50-44-38-32-26-20-14-16-22-28-34-40-46-54(4)5)52-64-58(61)49-43-37-31-25-19-13-12-15-21-27-33-39-45-53(2)3/h53-56H,7-52H2,1-6H3/t55?,56-/m0/s1. The van der Waals surface area contributed by atoms with E-state index in [1.807, 2.05) is 0 Å². The summed E-state index contributed by atoms with van der Waals surface area (Å²) in [6.07, 6.45) is 52.3. The van der Waals surface area contributed by atoms with Crippen LogP contribution in [0.4, 0.5) is 0 Å². The van der Waals surface area contributed by atoms with Crippen LogP contribution < -0.4 is 0 Å². The van der Waals surface area contributed by atoms with E-state index < -0.39 is 6.10 Å². The van der Waals surface area contributed by atoms with E-state index in [4.69, 9.17) is 14.2 Å². The molecule has 0 amide bonds. The van der Waals surface area contributed by atoms with Gasteiger partial charge in [-0.05, 0) is 37.0 Å². The summed E-state index contributed by atoms with van der Waals surface area (Å²) >= 11 is 0. The van der Waals surface area contributed by atoms with Crippen molar-refractivity contribution in [2.75, 3.05) is 13.2 Å². The van der Waals surface area contributed by atoms with E-state index >= 15 is 0 Å². The van der Waals surface area contributed by atoms with Gasteiger partial charge in [0.05, 0.1) is 0 Å². The van der Waals surface area contributed by atoms with Crippen molar-refractivity contribution in [2.45, 2.75) is 330 Å². The van der Waals surface area contributed by atoms with E-state index in [1.54, 1.807) is 0 Å². The van der Waals surface area contributed by atoms with Crippen LogP contribution in [0.2, 0.25) is 0 Å². The van der Waals surface area contributed by atoms with E-state index in [1.165, 1.54) is 205 Å². The first-order chi connectivity index (χ1) is 31.6. The maximum Gasteiger partial charge on any atom is 0.306 e. The average Bonchev–Trinajstić information content (AvgIpc) is 3.28. The third kappa shape index (κ3) is 51.6. The van der Waals surface area contributed by atoms with E-state index in [-0.39, 0.29) is 31.1 Å². The van der Waals surface area contributed by atoms with Crippen molar-refractivity contribution in [1.82, 2.24) is 0 Å². The molecule has 6 nitrogen and oxygen atoms in total. The molecule has 0 bridgehead atoms. The molecule has 6 heteroatoms. The molecule has 0 aromatic rings. The van der Waals surface area contributed by atoms with Crippen molar-refractivity contribution >= 4 is 17.9 Å². The number of esters is 3. The third-order valence-electron chi connectivity index (χ3n) is 13.8. The molecule has 0 N–H and O–H groups in total. The molecule has 0 saturated heterocycles. The lowest BCUT2D eigenvalue weighted by molar-refractivity contribution is -0.167. The fourth-order valence-corrected chi connectivity index (χ4v) is 8.97. The van der Waals surface area contributed by atoms with E-state index in [2.05, 4.69) is 41.5 Å². The highest BCUT2D eigenvalue weighted by atomic mass is 16.6. The lowest BCUT2D eigenvalue weighted by Gasteiger charge is -2.18. The van der Waals surface area contributed by atoms with Crippen LogP contribution in [0.3, 0.4) is 0 Å². The summed E-state index contributed by atoms with van der Waals surface area (Å²) in [5.74, 6) is 1.71. The van der Waals surface area contributed by atoms with Crippen LogP contribution in [0.15, 0.2) is 0 Å². The van der Waals surface area contributed by atoms with Crippen LogP contribution in [0.5, 0.6) is 0 Å². The summed E-state index contributed by atoms with van der Waals surface area (Å²) in [6, 6.07) is 0. The van der Waals surface area contributed by atoms with Gasteiger partial charge in [0.15, 0.2) is 6.10 Å². The Balaban J connectivity index is 4.30. The molecule has 0 saturated carbocycles. The Hall–Kier alpha value is -1.59. The number of rotatable bonds is 52. The van der Waals surface area contributed by atoms with Crippen molar-refractivity contribution in [3.63, 3.8) is 0 Å². The molecule has 0 aliphatic carbocycles. The molecule has 0 aromatic heterocycles. The first-order valence-electron chi connectivity index (χ1n) is 29.1. The van der Waals surface area contributed by atoms with Crippen molar-refractivity contribution in [2.24, 2.45) is 17.8 Å². The normalized spacial score (nSPS) is 12.6. The Morgan fingerprint density at radius 1 is 0.308 bits per heavy atom.